The number of nitrogens with one attached hydrogen (secondary N) is 1. The largest absolute Gasteiger partial charge is 0.459 e. The van der Waals surface area contributed by atoms with E-state index in [1.54, 1.807) is 21.9 Å². The van der Waals surface area contributed by atoms with Crippen molar-refractivity contribution in [2.45, 2.75) is 25.3 Å². The Morgan fingerprint density at radius 1 is 1.14 bits per heavy atom. The van der Waals surface area contributed by atoms with Crippen LogP contribution in [0.4, 0.5) is 0 Å². The van der Waals surface area contributed by atoms with E-state index < -0.39 is 0 Å². The van der Waals surface area contributed by atoms with Crippen molar-refractivity contribution >= 4 is 17.7 Å². The van der Waals surface area contributed by atoms with Crippen molar-refractivity contribution in [3.63, 3.8) is 0 Å². The van der Waals surface area contributed by atoms with Gasteiger partial charge in [0.15, 0.2) is 5.76 Å². The van der Waals surface area contributed by atoms with Crippen molar-refractivity contribution in [3.05, 3.63) is 24.2 Å². The molecular formula is C15H19N3O4. The average molecular weight is 305 g/mol. The highest BCUT2D eigenvalue weighted by molar-refractivity contribution is 5.97. The van der Waals surface area contributed by atoms with Crippen LogP contribution in [0.25, 0.3) is 0 Å². The van der Waals surface area contributed by atoms with Crippen molar-refractivity contribution in [2.24, 2.45) is 0 Å². The molecule has 0 atom stereocenters. The average Bonchev–Trinajstić information content (AvgIpc) is 3.16. The Balaban J connectivity index is 1.45. The number of carbonyl (C=O) groups excluding carboxylic acids is 3. The van der Waals surface area contributed by atoms with E-state index in [2.05, 4.69) is 5.32 Å². The predicted octanol–water partition coefficient (Wildman–Crippen LogP) is 0.233. The smallest absolute Gasteiger partial charge is 0.289 e. The van der Waals surface area contributed by atoms with Crippen LogP contribution in [0.5, 0.6) is 0 Å². The van der Waals surface area contributed by atoms with E-state index in [1.165, 1.54) is 6.26 Å². The topological polar surface area (TPSA) is 82.9 Å². The normalized spacial score (nSPS) is 18.2. The van der Waals surface area contributed by atoms with E-state index >= 15 is 0 Å². The molecule has 1 saturated heterocycles. The summed E-state index contributed by atoms with van der Waals surface area (Å²) < 4.78 is 5.09. The van der Waals surface area contributed by atoms with Crippen LogP contribution >= 0.6 is 0 Å². The number of hydrogen-bond acceptors (Lipinski definition) is 4. The standard InChI is InChI=1S/C15H19N3O4/c19-13(16-11-3-4-11)10-14(20)17-5-7-18(8-6-17)15(21)12-2-1-9-22-12/h1-2,9,11H,3-8,10H2,(H,16,19). The van der Waals surface area contributed by atoms with E-state index in [0.717, 1.165) is 12.8 Å². The van der Waals surface area contributed by atoms with Gasteiger partial charge in [0.1, 0.15) is 6.42 Å². The Kier molecular flexibility index (Phi) is 4.13. The molecule has 1 aliphatic heterocycles. The summed E-state index contributed by atoms with van der Waals surface area (Å²) in [5, 5.41) is 2.81. The lowest BCUT2D eigenvalue weighted by molar-refractivity contribution is -0.137. The van der Waals surface area contributed by atoms with Gasteiger partial charge in [0, 0.05) is 32.2 Å². The molecule has 3 amide bonds. The van der Waals surface area contributed by atoms with Crippen LogP contribution in [-0.2, 0) is 9.59 Å². The summed E-state index contributed by atoms with van der Waals surface area (Å²) in [5.41, 5.74) is 0. The van der Waals surface area contributed by atoms with Crippen LogP contribution in [0.2, 0.25) is 0 Å². The molecule has 7 nitrogen and oxygen atoms in total. The third kappa shape index (κ3) is 3.47. The van der Waals surface area contributed by atoms with Crippen molar-refractivity contribution in [1.29, 1.82) is 0 Å². The number of piperazine rings is 1. The lowest BCUT2D eigenvalue weighted by atomic mass is 10.2. The van der Waals surface area contributed by atoms with Crippen molar-refractivity contribution < 1.29 is 18.8 Å². The molecule has 1 aromatic rings. The van der Waals surface area contributed by atoms with E-state index in [0.29, 0.717) is 31.9 Å². The van der Waals surface area contributed by atoms with Crippen LogP contribution in [0.3, 0.4) is 0 Å². The Labute approximate surface area is 128 Å². The Morgan fingerprint density at radius 2 is 1.82 bits per heavy atom. The van der Waals surface area contributed by atoms with Gasteiger partial charge in [0.2, 0.25) is 11.8 Å². The zero-order valence-corrected chi connectivity index (χ0v) is 12.3. The van der Waals surface area contributed by atoms with Gasteiger partial charge in [-0.1, -0.05) is 0 Å². The van der Waals surface area contributed by atoms with Crippen LogP contribution in [0.1, 0.15) is 29.8 Å². The van der Waals surface area contributed by atoms with Crippen LogP contribution in [0.15, 0.2) is 22.8 Å². The Hall–Kier alpha value is -2.31. The van der Waals surface area contributed by atoms with Gasteiger partial charge in [0.25, 0.3) is 5.91 Å². The fourth-order valence-corrected chi connectivity index (χ4v) is 2.47. The molecule has 0 radical (unpaired) electrons. The van der Waals surface area contributed by atoms with Gasteiger partial charge in [-0.3, -0.25) is 14.4 Å². The SMILES string of the molecule is O=C(CC(=O)N1CCN(C(=O)c2ccco2)CC1)NC1CC1. The van der Waals surface area contributed by atoms with Crippen LogP contribution in [0, 0.1) is 0 Å². The maximum absolute atomic E-state index is 12.1. The number of carbonyl (C=O) groups is 3. The highest BCUT2D eigenvalue weighted by atomic mass is 16.3. The van der Waals surface area contributed by atoms with Crippen LogP contribution in [-0.4, -0.2) is 59.7 Å². The minimum atomic E-state index is -0.207. The number of amides is 3. The monoisotopic (exact) mass is 305 g/mol. The summed E-state index contributed by atoms with van der Waals surface area (Å²) in [4.78, 5) is 39.1. The lowest BCUT2D eigenvalue weighted by Gasteiger charge is -2.34. The summed E-state index contributed by atoms with van der Waals surface area (Å²) in [6.07, 6.45) is 3.37. The zero-order chi connectivity index (χ0) is 15.5. The molecule has 118 valence electrons. The second kappa shape index (κ2) is 6.21. The third-order valence-electron chi connectivity index (χ3n) is 3.91. The quantitative estimate of drug-likeness (QED) is 0.807. The Morgan fingerprint density at radius 3 is 2.41 bits per heavy atom. The number of nitrogens with zero attached hydrogens (tertiary/aromatic N) is 2. The number of hydrogen-bond donors (Lipinski definition) is 1. The first-order chi connectivity index (χ1) is 10.6. The maximum atomic E-state index is 12.1. The van der Waals surface area contributed by atoms with E-state index in [-0.39, 0.29) is 30.2 Å². The second-order valence-electron chi connectivity index (χ2n) is 5.67. The number of furan rings is 1. The third-order valence-corrected chi connectivity index (χ3v) is 3.91. The van der Waals surface area contributed by atoms with Gasteiger partial charge >= 0.3 is 0 Å². The Bertz CT molecular complexity index is 557. The molecule has 1 saturated carbocycles. The minimum Gasteiger partial charge on any atom is -0.459 e. The van der Waals surface area contributed by atoms with Crippen LogP contribution < -0.4 is 5.32 Å². The summed E-state index contributed by atoms with van der Waals surface area (Å²) in [6.45, 7) is 1.80. The molecular weight excluding hydrogens is 286 g/mol. The van der Waals surface area contributed by atoms with E-state index in [1.807, 2.05) is 0 Å². The molecule has 1 N–H and O–H groups in total. The van der Waals surface area contributed by atoms with Gasteiger partial charge in [-0.05, 0) is 25.0 Å². The first-order valence-electron chi connectivity index (χ1n) is 7.53. The molecule has 22 heavy (non-hydrogen) atoms. The second-order valence-corrected chi connectivity index (χ2v) is 5.67. The summed E-state index contributed by atoms with van der Waals surface area (Å²) in [5.74, 6) is -0.239. The molecule has 1 aromatic heterocycles. The number of rotatable bonds is 4. The molecule has 0 unspecified atom stereocenters. The first-order valence-corrected chi connectivity index (χ1v) is 7.53. The van der Waals surface area contributed by atoms with Gasteiger partial charge in [-0.2, -0.15) is 0 Å². The van der Waals surface area contributed by atoms with E-state index in [4.69, 9.17) is 4.42 Å². The molecule has 0 spiro atoms. The van der Waals surface area contributed by atoms with Crippen molar-refractivity contribution in [2.75, 3.05) is 26.2 Å². The summed E-state index contributed by atoms with van der Waals surface area (Å²) >= 11 is 0. The molecule has 0 aromatic carbocycles. The van der Waals surface area contributed by atoms with E-state index in [9.17, 15) is 14.4 Å². The lowest BCUT2D eigenvalue weighted by Crippen LogP contribution is -2.51. The van der Waals surface area contributed by atoms with Gasteiger partial charge in [-0.25, -0.2) is 0 Å². The molecule has 7 heteroatoms. The predicted molar refractivity (Wildman–Crippen MR) is 77.0 cm³/mol. The zero-order valence-electron chi connectivity index (χ0n) is 12.3. The summed E-state index contributed by atoms with van der Waals surface area (Å²) in [7, 11) is 0. The van der Waals surface area contributed by atoms with Gasteiger partial charge in [0.05, 0.1) is 6.26 Å². The van der Waals surface area contributed by atoms with Gasteiger partial charge in [-0.15, -0.1) is 0 Å². The highest BCUT2D eigenvalue weighted by Gasteiger charge is 2.28. The van der Waals surface area contributed by atoms with Gasteiger partial charge < -0.3 is 19.5 Å². The van der Waals surface area contributed by atoms with Crippen molar-refractivity contribution in [1.82, 2.24) is 15.1 Å². The summed E-state index contributed by atoms with van der Waals surface area (Å²) in [6, 6.07) is 3.57. The maximum Gasteiger partial charge on any atom is 0.289 e. The van der Waals surface area contributed by atoms with Crippen molar-refractivity contribution in [3.8, 4) is 0 Å². The fraction of sp³-hybridized carbons (Fsp3) is 0.533. The fourth-order valence-electron chi connectivity index (χ4n) is 2.47. The molecule has 0 bridgehead atoms. The molecule has 2 heterocycles. The first kappa shape index (κ1) is 14.6. The molecule has 3 rings (SSSR count). The molecule has 2 aliphatic rings. The minimum absolute atomic E-state index is 0.109. The molecule has 2 fully saturated rings. The highest BCUT2D eigenvalue weighted by Crippen LogP contribution is 2.18. The molecule has 1 aliphatic carbocycles.